The second-order valence-corrected chi connectivity index (χ2v) is 3.84. The van der Waals surface area contributed by atoms with Gasteiger partial charge in [0, 0.05) is 17.8 Å². The molecule has 0 aliphatic heterocycles. The minimum absolute atomic E-state index is 0.377. The van der Waals surface area contributed by atoms with Gasteiger partial charge in [0.25, 0.3) is 5.91 Å². The number of nitrogens with zero attached hydrogens (tertiary/aromatic N) is 3. The van der Waals surface area contributed by atoms with Crippen molar-refractivity contribution in [2.24, 2.45) is 5.73 Å². The van der Waals surface area contributed by atoms with Gasteiger partial charge in [-0.05, 0) is 18.2 Å². The summed E-state index contributed by atoms with van der Waals surface area (Å²) in [4.78, 5) is 19.8. The predicted molar refractivity (Wildman–Crippen MR) is 67.4 cm³/mol. The maximum Gasteiger partial charge on any atom is 0.265 e. The minimum Gasteiger partial charge on any atom is -0.364 e. The van der Waals surface area contributed by atoms with Crippen LogP contribution in [-0.2, 0) is 0 Å². The Hall–Kier alpha value is -2.69. The smallest absolute Gasteiger partial charge is 0.265 e. The van der Waals surface area contributed by atoms with Crippen LogP contribution in [0.2, 0.25) is 0 Å². The number of amides is 1. The molecule has 0 fully saturated rings. The van der Waals surface area contributed by atoms with E-state index in [0.29, 0.717) is 11.6 Å². The van der Waals surface area contributed by atoms with Crippen molar-refractivity contribution >= 4 is 16.8 Å². The number of nitrogens with two attached hydrogens (primary N) is 1. The molecule has 0 saturated carbocycles. The number of aromatic nitrogens is 3. The SMILES string of the molecule is NC(=O)c1cc2ccccc2n1-c1ncccn1. The number of carbonyl (C=O) groups is 1. The average molecular weight is 238 g/mol. The third-order valence-corrected chi connectivity index (χ3v) is 2.72. The van der Waals surface area contributed by atoms with Gasteiger partial charge in [-0.2, -0.15) is 0 Å². The summed E-state index contributed by atoms with van der Waals surface area (Å²) in [5.41, 5.74) is 6.64. The van der Waals surface area contributed by atoms with E-state index < -0.39 is 5.91 Å². The van der Waals surface area contributed by atoms with Gasteiger partial charge in [-0.25, -0.2) is 9.97 Å². The molecule has 2 aromatic heterocycles. The summed E-state index contributed by atoms with van der Waals surface area (Å²) in [5, 5.41) is 0.929. The van der Waals surface area contributed by atoms with Gasteiger partial charge in [-0.15, -0.1) is 0 Å². The van der Waals surface area contributed by atoms with Crippen LogP contribution in [0.1, 0.15) is 10.5 Å². The Bertz CT molecular complexity index is 718. The van der Waals surface area contributed by atoms with Crippen LogP contribution < -0.4 is 5.73 Å². The lowest BCUT2D eigenvalue weighted by Gasteiger charge is -2.05. The number of benzene rings is 1. The molecule has 5 nitrogen and oxygen atoms in total. The van der Waals surface area contributed by atoms with Crippen LogP contribution in [0.5, 0.6) is 0 Å². The number of para-hydroxylation sites is 1. The summed E-state index contributed by atoms with van der Waals surface area (Å²) in [6.07, 6.45) is 3.25. The summed E-state index contributed by atoms with van der Waals surface area (Å²) < 4.78 is 1.66. The average Bonchev–Trinajstić information content (AvgIpc) is 2.79. The molecule has 1 aromatic carbocycles. The summed E-state index contributed by atoms with van der Waals surface area (Å²) >= 11 is 0. The molecular weight excluding hydrogens is 228 g/mol. The van der Waals surface area contributed by atoms with Gasteiger partial charge in [-0.3, -0.25) is 9.36 Å². The number of primary amides is 1. The maximum absolute atomic E-state index is 11.5. The van der Waals surface area contributed by atoms with Crippen molar-refractivity contribution in [3.63, 3.8) is 0 Å². The van der Waals surface area contributed by atoms with E-state index in [2.05, 4.69) is 9.97 Å². The Labute approximate surface area is 103 Å². The first kappa shape index (κ1) is 10.5. The normalized spacial score (nSPS) is 10.7. The monoisotopic (exact) mass is 238 g/mol. The molecule has 0 spiro atoms. The van der Waals surface area contributed by atoms with Crippen LogP contribution in [0.25, 0.3) is 16.9 Å². The molecule has 0 radical (unpaired) electrons. The molecular formula is C13H10N4O. The van der Waals surface area contributed by atoms with Gasteiger partial charge < -0.3 is 5.73 Å². The van der Waals surface area contributed by atoms with E-state index in [-0.39, 0.29) is 0 Å². The van der Waals surface area contributed by atoms with Gasteiger partial charge in [0.05, 0.1) is 5.52 Å². The highest BCUT2D eigenvalue weighted by molar-refractivity contribution is 5.98. The number of rotatable bonds is 2. The minimum atomic E-state index is -0.501. The van der Waals surface area contributed by atoms with Crippen LogP contribution in [0.3, 0.4) is 0 Å². The Morgan fingerprint density at radius 2 is 1.83 bits per heavy atom. The maximum atomic E-state index is 11.5. The molecule has 88 valence electrons. The van der Waals surface area contributed by atoms with Gasteiger partial charge in [0.15, 0.2) is 0 Å². The van der Waals surface area contributed by atoms with E-state index in [4.69, 9.17) is 5.73 Å². The largest absolute Gasteiger partial charge is 0.364 e. The van der Waals surface area contributed by atoms with Crippen molar-refractivity contribution in [2.45, 2.75) is 0 Å². The molecule has 0 unspecified atom stereocenters. The number of fused-ring (bicyclic) bond motifs is 1. The van der Waals surface area contributed by atoms with E-state index >= 15 is 0 Å². The first-order chi connectivity index (χ1) is 8.77. The molecule has 0 aliphatic carbocycles. The Morgan fingerprint density at radius 3 is 2.56 bits per heavy atom. The fraction of sp³-hybridized carbons (Fsp3) is 0. The molecule has 0 saturated heterocycles. The Balaban J connectivity index is 2.38. The highest BCUT2D eigenvalue weighted by Gasteiger charge is 2.15. The van der Waals surface area contributed by atoms with Gasteiger partial charge in [0.2, 0.25) is 5.95 Å². The molecule has 0 aliphatic rings. The summed E-state index contributed by atoms with van der Waals surface area (Å²) in [6.45, 7) is 0. The molecule has 3 rings (SSSR count). The first-order valence-electron chi connectivity index (χ1n) is 5.45. The third-order valence-electron chi connectivity index (χ3n) is 2.72. The van der Waals surface area contributed by atoms with E-state index in [1.807, 2.05) is 24.3 Å². The van der Waals surface area contributed by atoms with Gasteiger partial charge in [-0.1, -0.05) is 18.2 Å². The summed E-state index contributed by atoms with van der Waals surface area (Å²) in [6, 6.07) is 11.1. The van der Waals surface area contributed by atoms with Crippen molar-refractivity contribution in [1.82, 2.24) is 14.5 Å². The number of hydrogen-bond acceptors (Lipinski definition) is 3. The van der Waals surface area contributed by atoms with Crippen molar-refractivity contribution in [1.29, 1.82) is 0 Å². The van der Waals surface area contributed by atoms with Crippen LogP contribution in [0.15, 0.2) is 48.8 Å². The van der Waals surface area contributed by atoms with Crippen LogP contribution in [0.4, 0.5) is 0 Å². The fourth-order valence-electron chi connectivity index (χ4n) is 1.96. The van der Waals surface area contributed by atoms with Crippen LogP contribution in [0, 0.1) is 0 Å². The molecule has 0 bridgehead atoms. The van der Waals surface area contributed by atoms with Crippen molar-refractivity contribution in [2.75, 3.05) is 0 Å². The van der Waals surface area contributed by atoms with Gasteiger partial charge >= 0.3 is 0 Å². The molecule has 2 heterocycles. The first-order valence-corrected chi connectivity index (χ1v) is 5.45. The second kappa shape index (κ2) is 3.96. The highest BCUT2D eigenvalue weighted by Crippen LogP contribution is 2.21. The van der Waals surface area contributed by atoms with Gasteiger partial charge in [0.1, 0.15) is 5.69 Å². The van der Waals surface area contributed by atoms with E-state index in [9.17, 15) is 4.79 Å². The Morgan fingerprint density at radius 1 is 1.11 bits per heavy atom. The number of hydrogen-bond donors (Lipinski definition) is 1. The zero-order valence-corrected chi connectivity index (χ0v) is 9.45. The lowest BCUT2D eigenvalue weighted by atomic mass is 10.2. The predicted octanol–water partition coefficient (Wildman–Crippen LogP) is 1.52. The molecule has 3 aromatic rings. The molecule has 0 atom stereocenters. The zero-order valence-electron chi connectivity index (χ0n) is 9.45. The number of carbonyl (C=O) groups excluding carboxylic acids is 1. The standard InChI is InChI=1S/C13H10N4O/c14-12(18)11-8-9-4-1-2-5-10(9)17(11)13-15-6-3-7-16-13/h1-8H,(H2,14,18). The van der Waals surface area contributed by atoms with E-state index in [1.165, 1.54) is 0 Å². The van der Waals surface area contributed by atoms with Crippen LogP contribution >= 0.6 is 0 Å². The van der Waals surface area contributed by atoms with Crippen molar-refractivity contribution in [3.05, 3.63) is 54.5 Å². The topological polar surface area (TPSA) is 73.8 Å². The zero-order chi connectivity index (χ0) is 12.5. The van der Waals surface area contributed by atoms with E-state index in [0.717, 1.165) is 10.9 Å². The quantitative estimate of drug-likeness (QED) is 0.735. The molecule has 1 amide bonds. The van der Waals surface area contributed by atoms with Crippen LogP contribution in [-0.4, -0.2) is 20.4 Å². The molecule has 5 heteroatoms. The third kappa shape index (κ3) is 1.53. The lowest BCUT2D eigenvalue weighted by Crippen LogP contribution is -2.17. The summed E-state index contributed by atoms with van der Waals surface area (Å²) in [5.74, 6) is -0.0637. The lowest BCUT2D eigenvalue weighted by molar-refractivity contribution is 0.0994. The molecule has 2 N–H and O–H groups in total. The fourth-order valence-corrected chi connectivity index (χ4v) is 1.96. The molecule has 18 heavy (non-hydrogen) atoms. The highest BCUT2D eigenvalue weighted by atomic mass is 16.1. The summed E-state index contributed by atoms with van der Waals surface area (Å²) in [7, 11) is 0. The van der Waals surface area contributed by atoms with E-state index in [1.54, 1.807) is 29.1 Å². The Kier molecular flexibility index (Phi) is 2.30. The second-order valence-electron chi connectivity index (χ2n) is 3.84. The van der Waals surface area contributed by atoms with Crippen molar-refractivity contribution in [3.8, 4) is 5.95 Å². The van der Waals surface area contributed by atoms with Crippen molar-refractivity contribution < 1.29 is 4.79 Å².